The van der Waals surface area contributed by atoms with Crippen molar-refractivity contribution in [1.82, 2.24) is 4.90 Å². The summed E-state index contributed by atoms with van der Waals surface area (Å²) in [7, 11) is -3.99. The van der Waals surface area contributed by atoms with Crippen molar-refractivity contribution >= 4 is 44.8 Å². The van der Waals surface area contributed by atoms with Crippen LogP contribution in [0.3, 0.4) is 0 Å². The molecule has 0 bridgehead atoms. The van der Waals surface area contributed by atoms with Crippen LogP contribution in [-0.2, 0) is 10.0 Å². The van der Waals surface area contributed by atoms with E-state index in [4.69, 9.17) is 23.2 Å². The molecule has 2 atom stereocenters. The van der Waals surface area contributed by atoms with Crippen LogP contribution >= 0.6 is 23.2 Å². The van der Waals surface area contributed by atoms with Gasteiger partial charge in [-0.2, -0.15) is 0 Å². The fourth-order valence-corrected chi connectivity index (χ4v) is 6.40. The van der Waals surface area contributed by atoms with Crippen LogP contribution in [0, 0.1) is 11.8 Å². The molecule has 1 fully saturated rings. The monoisotopic (exact) mass is 468 g/mol. The number of halogens is 2. The molecule has 0 N–H and O–H groups in total. The zero-order valence-electron chi connectivity index (χ0n) is 17.3. The van der Waals surface area contributed by atoms with Gasteiger partial charge in [-0.1, -0.05) is 55.2 Å². The standard InChI is InChI=1S/C22H26Cl2N2O3S/c1-4-26(17-8-6-5-7-9-17)30(28,29)21-11-18(19(23)12-20(21)24)22(27)25-13-15(2)10-16(3)14-25/h5-9,11-12,15-16H,4,10,13-14H2,1-3H3/t15-,16-/m0/s1. The lowest BCUT2D eigenvalue weighted by Gasteiger charge is -2.35. The van der Waals surface area contributed by atoms with E-state index in [2.05, 4.69) is 13.8 Å². The van der Waals surface area contributed by atoms with Crippen molar-refractivity contribution in [2.45, 2.75) is 32.1 Å². The highest BCUT2D eigenvalue weighted by Gasteiger charge is 2.31. The minimum absolute atomic E-state index is 0.00805. The Bertz CT molecular complexity index is 1020. The predicted molar refractivity (Wildman–Crippen MR) is 122 cm³/mol. The molecule has 30 heavy (non-hydrogen) atoms. The molecule has 1 aliphatic heterocycles. The molecule has 2 aromatic rings. The number of piperidine rings is 1. The molecule has 0 radical (unpaired) electrons. The second-order valence-electron chi connectivity index (χ2n) is 7.92. The molecule has 0 unspecified atom stereocenters. The number of anilines is 1. The summed E-state index contributed by atoms with van der Waals surface area (Å²) in [5, 5.41) is 0.143. The third-order valence-electron chi connectivity index (χ3n) is 5.31. The number of carbonyl (C=O) groups is 1. The van der Waals surface area contributed by atoms with Crippen molar-refractivity contribution in [3.63, 3.8) is 0 Å². The van der Waals surface area contributed by atoms with Crippen LogP contribution in [0.5, 0.6) is 0 Å². The van der Waals surface area contributed by atoms with Gasteiger partial charge in [0.25, 0.3) is 15.9 Å². The fraction of sp³-hybridized carbons (Fsp3) is 0.409. The number of hydrogen-bond donors (Lipinski definition) is 0. The summed E-state index contributed by atoms with van der Waals surface area (Å²) >= 11 is 12.6. The van der Waals surface area contributed by atoms with Gasteiger partial charge in [-0.3, -0.25) is 9.10 Å². The van der Waals surface area contributed by atoms with Gasteiger partial charge in [0.1, 0.15) is 4.90 Å². The number of likely N-dealkylation sites (tertiary alicyclic amines) is 1. The van der Waals surface area contributed by atoms with E-state index in [9.17, 15) is 13.2 Å². The Hall–Kier alpha value is -1.76. The first kappa shape index (κ1) is 22.9. The Morgan fingerprint density at radius 3 is 2.23 bits per heavy atom. The molecule has 0 saturated carbocycles. The molecule has 2 aromatic carbocycles. The highest BCUT2D eigenvalue weighted by atomic mass is 35.5. The van der Waals surface area contributed by atoms with Gasteiger partial charge in [-0.15, -0.1) is 0 Å². The van der Waals surface area contributed by atoms with Gasteiger partial charge in [0.05, 0.1) is 21.3 Å². The van der Waals surface area contributed by atoms with Crippen LogP contribution < -0.4 is 4.31 Å². The van der Waals surface area contributed by atoms with Gasteiger partial charge in [0.2, 0.25) is 0 Å². The molecule has 0 spiro atoms. The van der Waals surface area contributed by atoms with Crippen molar-refractivity contribution in [2.24, 2.45) is 11.8 Å². The first-order chi connectivity index (χ1) is 14.1. The second kappa shape index (κ2) is 9.16. The first-order valence-electron chi connectivity index (χ1n) is 10.0. The lowest BCUT2D eigenvalue weighted by atomic mass is 9.91. The van der Waals surface area contributed by atoms with Gasteiger partial charge in [-0.05, 0) is 49.4 Å². The van der Waals surface area contributed by atoms with E-state index >= 15 is 0 Å². The average molecular weight is 469 g/mol. The Morgan fingerprint density at radius 1 is 1.07 bits per heavy atom. The van der Waals surface area contributed by atoms with Crippen molar-refractivity contribution < 1.29 is 13.2 Å². The number of hydrogen-bond acceptors (Lipinski definition) is 3. The van der Waals surface area contributed by atoms with Crippen LogP contribution in [0.4, 0.5) is 5.69 Å². The number of rotatable bonds is 5. The van der Waals surface area contributed by atoms with E-state index in [-0.39, 0.29) is 33.0 Å². The van der Waals surface area contributed by atoms with Crippen molar-refractivity contribution in [1.29, 1.82) is 0 Å². The Labute approximate surface area is 188 Å². The second-order valence-corrected chi connectivity index (χ2v) is 10.6. The molecule has 3 rings (SSSR count). The van der Waals surface area contributed by atoms with Crippen molar-refractivity contribution in [3.8, 4) is 0 Å². The SMILES string of the molecule is CCN(c1ccccc1)S(=O)(=O)c1cc(C(=O)N2C[C@@H](C)C[C@H](C)C2)c(Cl)cc1Cl. The number of benzene rings is 2. The van der Waals surface area contributed by atoms with Gasteiger partial charge in [-0.25, -0.2) is 8.42 Å². The zero-order chi connectivity index (χ0) is 22.1. The molecule has 1 aliphatic rings. The molecule has 5 nitrogen and oxygen atoms in total. The summed E-state index contributed by atoms with van der Waals surface area (Å²) in [4.78, 5) is 14.8. The van der Waals surface area contributed by atoms with Crippen LogP contribution in [0.25, 0.3) is 0 Å². The van der Waals surface area contributed by atoms with Crippen molar-refractivity contribution in [2.75, 3.05) is 23.9 Å². The zero-order valence-corrected chi connectivity index (χ0v) is 19.6. The minimum atomic E-state index is -3.99. The molecular formula is C22H26Cl2N2O3S. The van der Waals surface area contributed by atoms with E-state index in [1.54, 1.807) is 36.1 Å². The number of para-hydroxylation sites is 1. The summed E-state index contributed by atoms with van der Waals surface area (Å²) in [6.45, 7) is 7.42. The average Bonchev–Trinajstić information content (AvgIpc) is 2.67. The Balaban J connectivity index is 2.03. The molecule has 1 amide bonds. The molecule has 1 heterocycles. The summed E-state index contributed by atoms with van der Waals surface area (Å²) < 4.78 is 28.1. The van der Waals surface area contributed by atoms with E-state index in [0.717, 1.165) is 6.42 Å². The van der Waals surface area contributed by atoms with Gasteiger partial charge in [0.15, 0.2) is 0 Å². The van der Waals surface area contributed by atoms with E-state index in [0.29, 0.717) is 30.6 Å². The predicted octanol–water partition coefficient (Wildman–Crippen LogP) is 5.33. The molecule has 1 saturated heterocycles. The van der Waals surface area contributed by atoms with Crippen LogP contribution in [-0.4, -0.2) is 38.9 Å². The highest BCUT2D eigenvalue weighted by molar-refractivity contribution is 7.93. The molecule has 0 aliphatic carbocycles. The van der Waals surface area contributed by atoms with E-state index < -0.39 is 10.0 Å². The first-order valence-corrected chi connectivity index (χ1v) is 12.2. The number of sulfonamides is 1. The van der Waals surface area contributed by atoms with Crippen LogP contribution in [0.2, 0.25) is 10.0 Å². The lowest BCUT2D eigenvalue weighted by Crippen LogP contribution is -2.42. The molecule has 8 heteroatoms. The quantitative estimate of drug-likeness (QED) is 0.595. The summed E-state index contributed by atoms with van der Waals surface area (Å²) in [6, 6.07) is 11.4. The van der Waals surface area contributed by atoms with E-state index in [1.165, 1.54) is 16.4 Å². The molecular weight excluding hydrogens is 443 g/mol. The normalized spacial score (nSPS) is 19.6. The number of amides is 1. The van der Waals surface area contributed by atoms with Gasteiger partial charge >= 0.3 is 0 Å². The number of carbonyl (C=O) groups excluding carboxylic acids is 1. The fourth-order valence-electron chi connectivity index (χ4n) is 4.09. The highest BCUT2D eigenvalue weighted by Crippen LogP contribution is 2.34. The third-order valence-corrected chi connectivity index (χ3v) is 7.99. The van der Waals surface area contributed by atoms with Crippen LogP contribution in [0.15, 0.2) is 47.4 Å². The molecule has 162 valence electrons. The maximum Gasteiger partial charge on any atom is 0.265 e. The van der Waals surface area contributed by atoms with Crippen molar-refractivity contribution in [3.05, 3.63) is 58.1 Å². The summed E-state index contributed by atoms with van der Waals surface area (Å²) in [5.74, 6) is 0.482. The van der Waals surface area contributed by atoms with Crippen LogP contribution in [0.1, 0.15) is 37.6 Å². The largest absolute Gasteiger partial charge is 0.338 e. The smallest absolute Gasteiger partial charge is 0.265 e. The minimum Gasteiger partial charge on any atom is -0.338 e. The third kappa shape index (κ3) is 4.61. The number of nitrogens with zero attached hydrogens (tertiary/aromatic N) is 2. The lowest BCUT2D eigenvalue weighted by molar-refractivity contribution is 0.0623. The maximum atomic E-state index is 13.4. The Morgan fingerprint density at radius 2 is 1.67 bits per heavy atom. The molecule has 0 aromatic heterocycles. The maximum absolute atomic E-state index is 13.4. The summed E-state index contributed by atoms with van der Waals surface area (Å²) in [5.41, 5.74) is 0.683. The summed E-state index contributed by atoms with van der Waals surface area (Å²) in [6.07, 6.45) is 1.06. The Kier molecular flexibility index (Phi) is 7.00. The van der Waals surface area contributed by atoms with Gasteiger partial charge in [0, 0.05) is 19.6 Å². The van der Waals surface area contributed by atoms with Gasteiger partial charge < -0.3 is 4.90 Å². The topological polar surface area (TPSA) is 57.7 Å². The van der Waals surface area contributed by atoms with E-state index in [1.807, 2.05) is 6.07 Å².